The Kier molecular flexibility index (Phi) is 5.95. The van der Waals surface area contributed by atoms with Gasteiger partial charge in [-0.15, -0.1) is 0 Å². The van der Waals surface area contributed by atoms with Gasteiger partial charge in [0.1, 0.15) is 18.5 Å². The number of benzene rings is 2. The van der Waals surface area contributed by atoms with E-state index >= 15 is 0 Å². The van der Waals surface area contributed by atoms with E-state index in [1.165, 1.54) is 10.5 Å². The molecule has 3 amide bonds. The number of likely N-dealkylation sites (N-methyl/N-ethyl adjacent to an activating group) is 1. The quantitative estimate of drug-likeness (QED) is 0.763. The Labute approximate surface area is 195 Å². The van der Waals surface area contributed by atoms with E-state index in [9.17, 15) is 9.59 Å². The molecule has 4 unspecified atom stereocenters. The predicted molar refractivity (Wildman–Crippen MR) is 127 cm³/mol. The van der Waals surface area contributed by atoms with Crippen LogP contribution in [-0.4, -0.2) is 76.7 Å². The average molecular weight is 448 g/mol. The van der Waals surface area contributed by atoms with Crippen LogP contribution >= 0.6 is 0 Å². The number of amides is 3. The van der Waals surface area contributed by atoms with Crippen molar-refractivity contribution in [2.45, 2.75) is 45.3 Å². The molecule has 3 aliphatic heterocycles. The number of hydrogen-bond donors (Lipinski definition) is 1. The molecular weight excluding hydrogens is 414 g/mol. The lowest BCUT2D eigenvalue weighted by molar-refractivity contribution is -0.141. The van der Waals surface area contributed by atoms with Crippen molar-refractivity contribution < 1.29 is 9.59 Å². The zero-order chi connectivity index (χ0) is 23.1. The van der Waals surface area contributed by atoms with Crippen molar-refractivity contribution in [3.05, 3.63) is 71.3 Å². The van der Waals surface area contributed by atoms with Crippen molar-refractivity contribution in [2.24, 2.45) is 5.92 Å². The monoisotopic (exact) mass is 447 g/mol. The molecule has 0 spiro atoms. The largest absolute Gasteiger partial charge is 0.328 e. The molecule has 3 aliphatic rings. The van der Waals surface area contributed by atoms with Gasteiger partial charge in [0.25, 0.3) is 5.91 Å². The lowest BCUT2D eigenvalue weighted by Gasteiger charge is -2.45. The number of carbonyl (C=O) groups excluding carboxylic acids is 2. The second-order valence-electron chi connectivity index (χ2n) is 9.77. The molecule has 0 aromatic heterocycles. The van der Waals surface area contributed by atoms with Gasteiger partial charge in [-0.1, -0.05) is 67.1 Å². The molecule has 7 nitrogen and oxygen atoms in total. The van der Waals surface area contributed by atoms with Crippen LogP contribution in [0.2, 0.25) is 0 Å². The van der Waals surface area contributed by atoms with E-state index in [1.54, 1.807) is 11.9 Å². The van der Waals surface area contributed by atoms with E-state index in [4.69, 9.17) is 0 Å². The number of imide groups is 1. The maximum Gasteiger partial charge on any atom is 0.328 e. The summed E-state index contributed by atoms with van der Waals surface area (Å²) in [7, 11) is 1.80. The molecule has 2 aromatic carbocycles. The van der Waals surface area contributed by atoms with E-state index < -0.39 is 0 Å². The molecule has 0 radical (unpaired) electrons. The average Bonchev–Trinajstić information content (AvgIpc) is 3.20. The first-order valence-corrected chi connectivity index (χ1v) is 11.9. The van der Waals surface area contributed by atoms with Crippen LogP contribution in [0.15, 0.2) is 54.6 Å². The topological polar surface area (TPSA) is 59.1 Å². The van der Waals surface area contributed by atoms with Crippen molar-refractivity contribution in [3.8, 4) is 0 Å². The Morgan fingerprint density at radius 1 is 0.970 bits per heavy atom. The number of hydrogen-bond acceptors (Lipinski definition) is 5. The summed E-state index contributed by atoms with van der Waals surface area (Å²) in [5.41, 5.74) is 3.44. The molecular formula is C26H33N5O2. The normalized spacial score (nSPS) is 28.2. The third kappa shape index (κ3) is 4.16. The van der Waals surface area contributed by atoms with Gasteiger partial charge in [-0.3, -0.25) is 24.8 Å². The Balaban J connectivity index is 1.36. The Bertz CT molecular complexity index is 1010. The minimum Gasteiger partial charge on any atom is -0.310 e. The zero-order valence-electron chi connectivity index (χ0n) is 19.6. The summed E-state index contributed by atoms with van der Waals surface area (Å²) in [6, 6.07) is 17.9. The molecule has 0 saturated carbocycles. The number of nitrogens with zero attached hydrogens (tertiary/aromatic N) is 4. The smallest absolute Gasteiger partial charge is 0.310 e. The molecule has 3 fully saturated rings. The number of aryl methyl sites for hydroxylation is 1. The van der Waals surface area contributed by atoms with E-state index in [2.05, 4.69) is 46.3 Å². The molecule has 2 aromatic rings. The van der Waals surface area contributed by atoms with E-state index in [0.29, 0.717) is 12.5 Å². The van der Waals surface area contributed by atoms with Gasteiger partial charge >= 0.3 is 6.03 Å². The number of fused-ring (bicyclic) bond motifs is 3. The first-order chi connectivity index (χ1) is 15.9. The van der Waals surface area contributed by atoms with E-state index in [1.807, 2.05) is 37.3 Å². The third-order valence-electron chi connectivity index (χ3n) is 7.17. The molecule has 4 atom stereocenters. The van der Waals surface area contributed by atoms with Gasteiger partial charge < -0.3 is 4.90 Å². The predicted octanol–water partition coefficient (Wildman–Crippen LogP) is 2.47. The molecule has 0 bridgehead atoms. The standard InChI is InChI=1S/C26H33N5O2/c1-18-9-11-21(12-10-18)17-31-24(32)22-23(28(3)26(31)33)27-25-29(15-19(2)16-30(22)25)14-13-20-7-5-4-6-8-20/h4-12,19,22-23,25,27H,13-17H2,1-3H3. The first-order valence-electron chi connectivity index (χ1n) is 11.9. The highest BCUT2D eigenvalue weighted by molar-refractivity contribution is 6.00. The van der Waals surface area contributed by atoms with Crippen molar-refractivity contribution >= 4 is 11.9 Å². The Morgan fingerprint density at radius 2 is 1.70 bits per heavy atom. The van der Waals surface area contributed by atoms with Gasteiger partial charge in [-0.05, 0) is 30.4 Å². The highest BCUT2D eigenvalue weighted by atomic mass is 16.2. The molecule has 7 heteroatoms. The SMILES string of the molecule is Cc1ccc(CN2C(=O)C3C(NC4N(CCc5ccccc5)CC(C)CN34)N(C)C2=O)cc1. The van der Waals surface area contributed by atoms with Crippen molar-refractivity contribution in [2.75, 3.05) is 26.7 Å². The van der Waals surface area contributed by atoms with Gasteiger partial charge in [0.2, 0.25) is 0 Å². The van der Waals surface area contributed by atoms with Crippen LogP contribution in [0.4, 0.5) is 4.79 Å². The molecule has 33 heavy (non-hydrogen) atoms. The second kappa shape index (κ2) is 8.89. The van der Waals surface area contributed by atoms with Crippen LogP contribution in [0.1, 0.15) is 23.6 Å². The van der Waals surface area contributed by atoms with Crippen LogP contribution in [0.3, 0.4) is 0 Å². The Morgan fingerprint density at radius 3 is 2.42 bits per heavy atom. The molecule has 174 valence electrons. The first kappa shape index (κ1) is 22.1. The summed E-state index contributed by atoms with van der Waals surface area (Å²) >= 11 is 0. The summed E-state index contributed by atoms with van der Waals surface area (Å²) in [6.45, 7) is 7.29. The molecule has 0 aliphatic carbocycles. The second-order valence-corrected chi connectivity index (χ2v) is 9.77. The van der Waals surface area contributed by atoms with Gasteiger partial charge in [-0.25, -0.2) is 4.79 Å². The maximum absolute atomic E-state index is 13.7. The van der Waals surface area contributed by atoms with Crippen LogP contribution in [0.5, 0.6) is 0 Å². The molecule has 3 saturated heterocycles. The number of urea groups is 1. The molecule has 1 N–H and O–H groups in total. The fourth-order valence-electron chi connectivity index (χ4n) is 5.44. The lowest BCUT2D eigenvalue weighted by Crippen LogP contribution is -2.66. The fourth-order valence-corrected chi connectivity index (χ4v) is 5.44. The van der Waals surface area contributed by atoms with E-state index in [0.717, 1.165) is 37.2 Å². The summed E-state index contributed by atoms with van der Waals surface area (Å²) in [5, 5.41) is 3.61. The van der Waals surface area contributed by atoms with Crippen molar-refractivity contribution in [3.63, 3.8) is 0 Å². The summed E-state index contributed by atoms with van der Waals surface area (Å²) in [6.07, 6.45) is 0.601. The lowest BCUT2D eigenvalue weighted by atomic mass is 10.0. The van der Waals surface area contributed by atoms with Crippen LogP contribution in [0, 0.1) is 12.8 Å². The minimum absolute atomic E-state index is 0.0431. The number of rotatable bonds is 5. The van der Waals surface area contributed by atoms with E-state index in [-0.39, 0.29) is 30.4 Å². The summed E-state index contributed by atoms with van der Waals surface area (Å²) in [5.74, 6) is 0.342. The highest BCUT2D eigenvalue weighted by Gasteiger charge is 2.56. The molecule has 3 heterocycles. The molecule has 5 rings (SSSR count). The summed E-state index contributed by atoms with van der Waals surface area (Å²) in [4.78, 5) is 34.7. The van der Waals surface area contributed by atoms with Crippen molar-refractivity contribution in [1.29, 1.82) is 0 Å². The van der Waals surface area contributed by atoms with Crippen LogP contribution in [-0.2, 0) is 17.8 Å². The summed E-state index contributed by atoms with van der Waals surface area (Å²) < 4.78 is 0. The van der Waals surface area contributed by atoms with Crippen LogP contribution in [0.25, 0.3) is 0 Å². The van der Waals surface area contributed by atoms with Gasteiger partial charge in [-0.2, -0.15) is 0 Å². The highest BCUT2D eigenvalue weighted by Crippen LogP contribution is 2.32. The number of carbonyl (C=O) groups is 2. The Hall–Kier alpha value is -2.74. The fraction of sp³-hybridized carbons (Fsp3) is 0.462. The third-order valence-corrected chi connectivity index (χ3v) is 7.17. The minimum atomic E-state index is -0.370. The van der Waals surface area contributed by atoms with Gasteiger partial charge in [0.15, 0.2) is 0 Å². The van der Waals surface area contributed by atoms with Crippen LogP contribution < -0.4 is 5.32 Å². The number of nitrogens with one attached hydrogen (secondary N) is 1. The van der Waals surface area contributed by atoms with Gasteiger partial charge in [0.05, 0.1) is 6.54 Å². The maximum atomic E-state index is 13.7. The zero-order valence-corrected chi connectivity index (χ0v) is 19.6. The van der Waals surface area contributed by atoms with Gasteiger partial charge in [0, 0.05) is 26.7 Å². The van der Waals surface area contributed by atoms with Crippen molar-refractivity contribution in [1.82, 2.24) is 24.9 Å².